The number of benzene rings is 2. The van der Waals surface area contributed by atoms with Gasteiger partial charge in [-0.1, -0.05) is 18.2 Å². The predicted molar refractivity (Wildman–Crippen MR) is 86.7 cm³/mol. The van der Waals surface area contributed by atoms with Gasteiger partial charge in [-0.3, -0.25) is 4.79 Å². The van der Waals surface area contributed by atoms with E-state index in [-0.39, 0.29) is 12.1 Å². The van der Waals surface area contributed by atoms with Crippen molar-refractivity contribution in [3.63, 3.8) is 0 Å². The Hall–Kier alpha value is -2.33. The normalized spacial score (nSPS) is 18.3. The van der Waals surface area contributed by atoms with Gasteiger partial charge in [0, 0.05) is 6.92 Å². The summed E-state index contributed by atoms with van der Waals surface area (Å²) >= 11 is 0. The zero-order valence-corrected chi connectivity index (χ0v) is 13.8. The van der Waals surface area contributed by atoms with Crippen LogP contribution in [0.1, 0.15) is 43.6 Å². The highest BCUT2D eigenvalue weighted by Gasteiger charge is 2.38. The molecule has 2 aromatic carbocycles. The first-order chi connectivity index (χ1) is 10.9. The Bertz CT molecular complexity index is 732. The number of ether oxygens (including phenoxy) is 3. The Morgan fingerprint density at radius 3 is 2.35 bits per heavy atom. The minimum Gasteiger partial charge on any atom is -0.497 e. The third kappa shape index (κ3) is 2.94. The lowest BCUT2D eigenvalue weighted by atomic mass is 9.92. The Labute approximate surface area is 136 Å². The van der Waals surface area contributed by atoms with Crippen molar-refractivity contribution in [2.45, 2.75) is 32.5 Å². The molecular weight excluding hydrogens is 292 g/mol. The molecule has 2 aromatic rings. The molecule has 0 saturated carbocycles. The minimum atomic E-state index is -0.448. The van der Waals surface area contributed by atoms with Crippen LogP contribution in [0.15, 0.2) is 42.5 Å². The summed E-state index contributed by atoms with van der Waals surface area (Å²) in [6.07, 6.45) is -0.141. The molecule has 120 valence electrons. The van der Waals surface area contributed by atoms with Crippen LogP contribution in [0.25, 0.3) is 0 Å². The molecule has 0 aliphatic carbocycles. The van der Waals surface area contributed by atoms with Gasteiger partial charge in [0.2, 0.25) is 0 Å². The quantitative estimate of drug-likeness (QED) is 0.635. The lowest BCUT2D eigenvalue weighted by Gasteiger charge is -2.21. The summed E-state index contributed by atoms with van der Waals surface area (Å²) in [4.78, 5) is 11.2. The molecule has 1 heterocycles. The Kier molecular flexibility index (Phi) is 3.86. The van der Waals surface area contributed by atoms with E-state index >= 15 is 0 Å². The fourth-order valence-electron chi connectivity index (χ4n) is 2.96. The van der Waals surface area contributed by atoms with Crippen LogP contribution < -0.4 is 9.47 Å². The van der Waals surface area contributed by atoms with Crippen molar-refractivity contribution in [1.82, 2.24) is 0 Å². The maximum atomic E-state index is 11.2. The van der Waals surface area contributed by atoms with Crippen molar-refractivity contribution in [2.75, 3.05) is 7.11 Å². The van der Waals surface area contributed by atoms with E-state index in [1.165, 1.54) is 6.92 Å². The average Bonchev–Trinajstić information content (AvgIpc) is 2.78. The van der Waals surface area contributed by atoms with Crippen LogP contribution in [0, 0.1) is 0 Å². The molecule has 1 aliphatic heterocycles. The topological polar surface area (TPSA) is 44.8 Å². The number of hydrogen-bond acceptors (Lipinski definition) is 4. The summed E-state index contributed by atoms with van der Waals surface area (Å²) in [5.41, 5.74) is 2.75. The Morgan fingerprint density at radius 2 is 1.74 bits per heavy atom. The number of rotatable bonds is 3. The molecule has 4 heteroatoms. The van der Waals surface area contributed by atoms with Gasteiger partial charge in [0.15, 0.2) is 0 Å². The molecule has 0 unspecified atom stereocenters. The number of methoxy groups -OCH3 is 1. The maximum Gasteiger partial charge on any atom is 0.308 e. The molecule has 0 aromatic heterocycles. The number of carbonyl (C=O) groups is 1. The zero-order chi connectivity index (χ0) is 16.6. The minimum absolute atomic E-state index is 0.141. The molecule has 1 aliphatic rings. The summed E-state index contributed by atoms with van der Waals surface area (Å²) in [6.45, 7) is 5.44. The largest absolute Gasteiger partial charge is 0.497 e. The van der Waals surface area contributed by atoms with E-state index in [9.17, 15) is 4.79 Å². The van der Waals surface area contributed by atoms with Crippen molar-refractivity contribution < 1.29 is 19.0 Å². The van der Waals surface area contributed by atoms with E-state index in [0.717, 1.165) is 22.4 Å². The van der Waals surface area contributed by atoms with Crippen LogP contribution in [0.2, 0.25) is 0 Å². The van der Waals surface area contributed by atoms with Crippen LogP contribution in [0.3, 0.4) is 0 Å². The lowest BCUT2D eigenvalue weighted by molar-refractivity contribution is -0.131. The highest BCUT2D eigenvalue weighted by Crippen LogP contribution is 2.47. The number of hydrogen-bond donors (Lipinski definition) is 0. The van der Waals surface area contributed by atoms with Gasteiger partial charge in [0.05, 0.1) is 12.7 Å². The molecule has 0 radical (unpaired) electrons. The molecule has 0 saturated heterocycles. The summed E-state index contributed by atoms with van der Waals surface area (Å²) < 4.78 is 16.7. The highest BCUT2D eigenvalue weighted by molar-refractivity contribution is 5.69. The Morgan fingerprint density at radius 1 is 1.09 bits per heavy atom. The van der Waals surface area contributed by atoms with Gasteiger partial charge in [0.25, 0.3) is 0 Å². The van der Waals surface area contributed by atoms with Gasteiger partial charge in [-0.05, 0) is 54.8 Å². The monoisotopic (exact) mass is 312 g/mol. The van der Waals surface area contributed by atoms with Gasteiger partial charge in [-0.2, -0.15) is 0 Å². The zero-order valence-electron chi connectivity index (χ0n) is 13.8. The van der Waals surface area contributed by atoms with Gasteiger partial charge >= 0.3 is 5.97 Å². The van der Waals surface area contributed by atoms with Crippen LogP contribution in [0.5, 0.6) is 11.5 Å². The second kappa shape index (κ2) is 5.70. The molecule has 1 atom stereocenters. The van der Waals surface area contributed by atoms with E-state index in [4.69, 9.17) is 14.2 Å². The molecule has 0 N–H and O–H groups in total. The summed E-state index contributed by atoms with van der Waals surface area (Å²) in [7, 11) is 1.65. The first-order valence-corrected chi connectivity index (χ1v) is 7.55. The summed E-state index contributed by atoms with van der Waals surface area (Å²) in [6, 6.07) is 13.5. The van der Waals surface area contributed by atoms with Crippen molar-refractivity contribution in [3.05, 3.63) is 59.2 Å². The summed E-state index contributed by atoms with van der Waals surface area (Å²) in [5.74, 6) is 1.04. The SMILES string of the molecule is COc1ccc([C@H]2OC(C)(C)c3cc(OC(C)=O)ccc32)cc1. The maximum absolute atomic E-state index is 11.2. The van der Waals surface area contributed by atoms with E-state index in [1.54, 1.807) is 7.11 Å². The number of carbonyl (C=O) groups excluding carboxylic acids is 1. The van der Waals surface area contributed by atoms with Gasteiger partial charge in [-0.15, -0.1) is 0 Å². The molecule has 0 bridgehead atoms. The van der Waals surface area contributed by atoms with E-state index in [0.29, 0.717) is 5.75 Å². The van der Waals surface area contributed by atoms with E-state index < -0.39 is 5.60 Å². The lowest BCUT2D eigenvalue weighted by Crippen LogP contribution is -2.16. The Balaban J connectivity index is 1.99. The van der Waals surface area contributed by atoms with E-state index in [1.807, 2.05) is 56.3 Å². The van der Waals surface area contributed by atoms with Crippen molar-refractivity contribution in [3.8, 4) is 11.5 Å². The standard InChI is InChI=1S/C19H20O4/c1-12(20)22-15-9-10-16-17(11-15)19(2,3)23-18(16)13-5-7-14(21-4)8-6-13/h5-11,18H,1-4H3/t18-/m1/s1. The second-order valence-electron chi connectivity index (χ2n) is 6.12. The highest BCUT2D eigenvalue weighted by atomic mass is 16.5. The smallest absolute Gasteiger partial charge is 0.308 e. The molecule has 4 nitrogen and oxygen atoms in total. The molecule has 3 rings (SSSR count). The van der Waals surface area contributed by atoms with Gasteiger partial charge < -0.3 is 14.2 Å². The average molecular weight is 312 g/mol. The predicted octanol–water partition coefficient (Wildman–Crippen LogP) is 3.98. The first kappa shape index (κ1) is 15.6. The molecular formula is C19H20O4. The molecule has 0 spiro atoms. The third-order valence-electron chi connectivity index (χ3n) is 4.05. The van der Waals surface area contributed by atoms with Crippen LogP contribution >= 0.6 is 0 Å². The van der Waals surface area contributed by atoms with Gasteiger partial charge in [0.1, 0.15) is 17.6 Å². The molecule has 0 amide bonds. The van der Waals surface area contributed by atoms with Crippen molar-refractivity contribution in [1.29, 1.82) is 0 Å². The summed E-state index contributed by atoms with van der Waals surface area (Å²) in [5, 5.41) is 0. The number of esters is 1. The fourth-order valence-corrected chi connectivity index (χ4v) is 2.96. The van der Waals surface area contributed by atoms with E-state index in [2.05, 4.69) is 0 Å². The van der Waals surface area contributed by atoms with Crippen LogP contribution in [-0.4, -0.2) is 13.1 Å². The fraction of sp³-hybridized carbons (Fsp3) is 0.316. The molecule has 23 heavy (non-hydrogen) atoms. The first-order valence-electron chi connectivity index (χ1n) is 7.55. The van der Waals surface area contributed by atoms with Crippen LogP contribution in [0.4, 0.5) is 0 Å². The third-order valence-corrected chi connectivity index (χ3v) is 4.05. The van der Waals surface area contributed by atoms with Crippen molar-refractivity contribution >= 4 is 5.97 Å². The number of fused-ring (bicyclic) bond motifs is 1. The van der Waals surface area contributed by atoms with Crippen LogP contribution in [-0.2, 0) is 15.1 Å². The molecule has 0 fully saturated rings. The van der Waals surface area contributed by atoms with Gasteiger partial charge in [-0.25, -0.2) is 0 Å². The van der Waals surface area contributed by atoms with Crippen molar-refractivity contribution in [2.24, 2.45) is 0 Å². The second-order valence-corrected chi connectivity index (χ2v) is 6.12.